The van der Waals surface area contributed by atoms with Crippen LogP contribution in [0, 0.1) is 0 Å². The lowest BCUT2D eigenvalue weighted by molar-refractivity contribution is 0.197. The average molecular weight is 327 g/mol. The molecule has 0 aliphatic heterocycles. The minimum Gasteiger partial charge on any atom is -0.414 e. The Bertz CT molecular complexity index is 250. The Hall–Kier alpha value is -0.0831. The van der Waals surface area contributed by atoms with Crippen molar-refractivity contribution in [2.75, 3.05) is 0 Å². The summed E-state index contributed by atoms with van der Waals surface area (Å²) in [7, 11) is -1.48. The van der Waals surface area contributed by atoms with E-state index in [1.807, 2.05) is 6.08 Å². The quantitative estimate of drug-likeness (QED) is 0.162. The van der Waals surface area contributed by atoms with Gasteiger partial charge in [0.1, 0.15) is 0 Å². The zero-order chi connectivity index (χ0) is 16.7. The van der Waals surface area contributed by atoms with Gasteiger partial charge in [0, 0.05) is 6.10 Å². The third kappa shape index (κ3) is 14.8. The molecular weight excluding hydrogens is 284 g/mol. The summed E-state index contributed by atoms with van der Waals surface area (Å²) in [5.74, 6) is 0. The molecule has 0 heterocycles. The maximum absolute atomic E-state index is 6.24. The van der Waals surface area contributed by atoms with Gasteiger partial charge in [0.25, 0.3) is 0 Å². The Labute approximate surface area is 142 Å². The topological polar surface area (TPSA) is 9.23 Å². The predicted molar refractivity (Wildman–Crippen MR) is 104 cm³/mol. The van der Waals surface area contributed by atoms with Crippen molar-refractivity contribution in [2.24, 2.45) is 0 Å². The van der Waals surface area contributed by atoms with E-state index in [0.717, 1.165) is 6.04 Å². The summed E-state index contributed by atoms with van der Waals surface area (Å²) in [6.07, 6.45) is 19.2. The fraction of sp³-hybridized carbons (Fsp3) is 0.900. The Balaban J connectivity index is 3.33. The molecule has 0 spiro atoms. The minimum atomic E-state index is -1.48. The Morgan fingerprint density at radius 2 is 1.32 bits per heavy atom. The third-order valence-electron chi connectivity index (χ3n) is 4.37. The van der Waals surface area contributed by atoms with E-state index in [-0.39, 0.29) is 0 Å². The largest absolute Gasteiger partial charge is 0.414 e. The van der Waals surface area contributed by atoms with Crippen LogP contribution in [0.25, 0.3) is 0 Å². The normalized spacial score (nSPS) is 13.3. The zero-order valence-corrected chi connectivity index (χ0v) is 17.0. The van der Waals surface area contributed by atoms with Gasteiger partial charge in [-0.1, -0.05) is 83.6 Å². The minimum absolute atomic E-state index is 0.431. The van der Waals surface area contributed by atoms with Crippen molar-refractivity contribution >= 4 is 8.32 Å². The summed E-state index contributed by atoms with van der Waals surface area (Å²) < 4.78 is 6.24. The summed E-state index contributed by atoms with van der Waals surface area (Å²) in [6.45, 7) is 13.0. The maximum Gasteiger partial charge on any atom is 0.190 e. The van der Waals surface area contributed by atoms with Crippen LogP contribution in [0.3, 0.4) is 0 Å². The van der Waals surface area contributed by atoms with Crippen molar-refractivity contribution in [3.05, 3.63) is 12.7 Å². The highest BCUT2D eigenvalue weighted by molar-refractivity contribution is 6.71. The molecule has 0 saturated carbocycles. The summed E-state index contributed by atoms with van der Waals surface area (Å²) >= 11 is 0. The summed E-state index contributed by atoms with van der Waals surface area (Å²) in [6, 6.07) is 1.07. The highest BCUT2D eigenvalue weighted by Gasteiger charge is 2.22. The standard InChI is InChI=1S/C20H42OSi/c1-6-8-9-10-11-12-13-14-15-16-17-18-20(3)21-22(4,5)19-7-2/h7,20H,2,6,8-19H2,1,3-5H3. The molecule has 0 aromatic rings. The molecular formula is C20H42OSi. The molecule has 1 atom stereocenters. The maximum atomic E-state index is 6.24. The molecule has 1 unspecified atom stereocenters. The van der Waals surface area contributed by atoms with Gasteiger partial charge in [-0.3, -0.25) is 0 Å². The van der Waals surface area contributed by atoms with Crippen molar-refractivity contribution in [2.45, 2.75) is 116 Å². The van der Waals surface area contributed by atoms with Gasteiger partial charge in [0.2, 0.25) is 0 Å². The molecule has 0 aliphatic carbocycles. The lowest BCUT2D eigenvalue weighted by Crippen LogP contribution is -2.33. The van der Waals surface area contributed by atoms with Crippen LogP contribution in [0.15, 0.2) is 12.7 Å². The van der Waals surface area contributed by atoms with E-state index in [9.17, 15) is 0 Å². The molecule has 132 valence electrons. The Kier molecular flexibility index (Phi) is 14.5. The van der Waals surface area contributed by atoms with Crippen LogP contribution >= 0.6 is 0 Å². The van der Waals surface area contributed by atoms with E-state index in [4.69, 9.17) is 4.43 Å². The van der Waals surface area contributed by atoms with Crippen LogP contribution in [0.1, 0.15) is 90.9 Å². The highest BCUT2D eigenvalue weighted by Crippen LogP contribution is 2.18. The van der Waals surface area contributed by atoms with Gasteiger partial charge >= 0.3 is 0 Å². The monoisotopic (exact) mass is 326 g/mol. The number of hydrogen-bond acceptors (Lipinski definition) is 1. The molecule has 0 aromatic heterocycles. The van der Waals surface area contributed by atoms with Crippen molar-refractivity contribution in [1.82, 2.24) is 0 Å². The first-order chi connectivity index (χ1) is 10.5. The predicted octanol–water partition coefficient (Wildman–Crippen LogP) is 7.48. The van der Waals surface area contributed by atoms with Crippen LogP contribution < -0.4 is 0 Å². The first-order valence-corrected chi connectivity index (χ1v) is 12.9. The van der Waals surface area contributed by atoms with Crippen LogP contribution in [0.4, 0.5) is 0 Å². The molecule has 1 nitrogen and oxygen atoms in total. The fourth-order valence-electron chi connectivity index (χ4n) is 3.10. The van der Waals surface area contributed by atoms with Gasteiger partial charge in [0.15, 0.2) is 8.32 Å². The summed E-state index contributed by atoms with van der Waals surface area (Å²) in [4.78, 5) is 0. The molecule has 0 radical (unpaired) electrons. The Morgan fingerprint density at radius 1 is 0.864 bits per heavy atom. The highest BCUT2D eigenvalue weighted by atomic mass is 28.4. The lowest BCUT2D eigenvalue weighted by atomic mass is 10.0. The number of allylic oxidation sites excluding steroid dienone is 1. The van der Waals surface area contributed by atoms with Crippen LogP contribution in [0.5, 0.6) is 0 Å². The lowest BCUT2D eigenvalue weighted by Gasteiger charge is -2.26. The van der Waals surface area contributed by atoms with E-state index >= 15 is 0 Å². The van der Waals surface area contributed by atoms with E-state index in [2.05, 4.69) is 33.5 Å². The van der Waals surface area contributed by atoms with Gasteiger partial charge in [-0.05, 0) is 32.5 Å². The third-order valence-corrected chi connectivity index (χ3v) is 6.68. The van der Waals surface area contributed by atoms with Gasteiger partial charge in [-0.25, -0.2) is 0 Å². The van der Waals surface area contributed by atoms with Crippen molar-refractivity contribution in [3.8, 4) is 0 Å². The fourth-order valence-corrected chi connectivity index (χ4v) is 5.09. The van der Waals surface area contributed by atoms with E-state index in [1.165, 1.54) is 77.0 Å². The molecule has 0 saturated heterocycles. The number of unbranched alkanes of at least 4 members (excludes halogenated alkanes) is 10. The molecule has 2 heteroatoms. The van der Waals surface area contributed by atoms with Gasteiger partial charge < -0.3 is 4.43 Å². The second-order valence-corrected chi connectivity index (χ2v) is 11.7. The number of rotatable bonds is 16. The first-order valence-electron chi connectivity index (χ1n) is 9.80. The van der Waals surface area contributed by atoms with Crippen LogP contribution in [0.2, 0.25) is 19.1 Å². The summed E-state index contributed by atoms with van der Waals surface area (Å²) in [5.41, 5.74) is 0. The van der Waals surface area contributed by atoms with Gasteiger partial charge in [-0.2, -0.15) is 0 Å². The van der Waals surface area contributed by atoms with Gasteiger partial charge in [0.05, 0.1) is 0 Å². The number of hydrogen-bond donors (Lipinski definition) is 0. The molecule has 0 fully saturated rings. The van der Waals surface area contributed by atoms with Crippen LogP contribution in [-0.2, 0) is 4.43 Å². The zero-order valence-electron chi connectivity index (χ0n) is 16.0. The molecule has 0 bridgehead atoms. The van der Waals surface area contributed by atoms with Gasteiger partial charge in [-0.15, -0.1) is 6.58 Å². The molecule has 22 heavy (non-hydrogen) atoms. The van der Waals surface area contributed by atoms with E-state index < -0.39 is 8.32 Å². The second-order valence-electron chi connectivity index (χ2n) is 7.51. The average Bonchev–Trinajstić information content (AvgIpc) is 2.44. The SMILES string of the molecule is C=CC[Si](C)(C)OC(C)CCCCCCCCCCCCC. The first kappa shape index (κ1) is 21.9. The molecule has 0 aliphatic rings. The molecule has 0 aromatic carbocycles. The molecule has 0 rings (SSSR count). The van der Waals surface area contributed by atoms with Crippen LogP contribution in [-0.4, -0.2) is 14.4 Å². The Morgan fingerprint density at radius 3 is 1.77 bits per heavy atom. The molecule has 0 N–H and O–H groups in total. The van der Waals surface area contributed by atoms with E-state index in [1.54, 1.807) is 0 Å². The van der Waals surface area contributed by atoms with Crippen molar-refractivity contribution in [3.63, 3.8) is 0 Å². The second kappa shape index (κ2) is 14.5. The van der Waals surface area contributed by atoms with E-state index in [0.29, 0.717) is 6.10 Å². The summed E-state index contributed by atoms with van der Waals surface area (Å²) in [5, 5.41) is 0. The van der Waals surface area contributed by atoms with Crippen molar-refractivity contribution in [1.29, 1.82) is 0 Å². The van der Waals surface area contributed by atoms with Crippen molar-refractivity contribution < 1.29 is 4.43 Å². The molecule has 0 amide bonds. The smallest absolute Gasteiger partial charge is 0.190 e.